The molecule has 0 radical (unpaired) electrons. The molecular formula is C50H34N2. The molecule has 9 aromatic carbocycles. The van der Waals surface area contributed by atoms with Gasteiger partial charge in [0.05, 0.1) is 24.7 Å². The van der Waals surface area contributed by atoms with E-state index in [0.29, 0.717) is 22.5 Å². The first-order valence-electron chi connectivity index (χ1n) is 22.0. The number of fused-ring (bicyclic) bond motifs is 8. The molecule has 0 saturated carbocycles. The summed E-state index contributed by atoms with van der Waals surface area (Å²) in [7, 11) is 0. The Morgan fingerprint density at radius 1 is 0.385 bits per heavy atom. The summed E-state index contributed by atoms with van der Waals surface area (Å²) in [5.74, 6) is 0. The van der Waals surface area contributed by atoms with Crippen LogP contribution >= 0.6 is 0 Å². The van der Waals surface area contributed by atoms with Crippen molar-refractivity contribution in [2.75, 3.05) is 4.90 Å². The maximum absolute atomic E-state index is 8.61. The van der Waals surface area contributed by atoms with Crippen molar-refractivity contribution in [3.05, 3.63) is 206 Å². The highest BCUT2D eigenvalue weighted by Gasteiger charge is 2.21. The molecule has 52 heavy (non-hydrogen) atoms. The number of nitrogens with zero attached hydrogens (tertiary/aromatic N) is 2. The fourth-order valence-corrected chi connectivity index (χ4v) is 7.44. The van der Waals surface area contributed by atoms with Gasteiger partial charge < -0.3 is 9.47 Å². The molecule has 10 rings (SSSR count). The van der Waals surface area contributed by atoms with Gasteiger partial charge in [-0.2, -0.15) is 0 Å². The average Bonchev–Trinajstić information content (AvgIpc) is 3.65. The van der Waals surface area contributed by atoms with Gasteiger partial charge in [-0.1, -0.05) is 157 Å². The standard InChI is InChI=1S/C50H34N2/c1-4-14-35(15-5-1)37-24-28-40(29-25-37)51(41-30-26-38(27-31-41)36-16-6-2-7-17-36)42-32-33-47-48(34-42)52(39-18-8-3-9-19-39)50-46-23-13-11-21-44(46)43-20-10-12-22-45(43)49(47)50/h1-34H/i1D,2D,4D,5D,6D,7D,14D,15D,16D,17D. The fraction of sp³-hybridized carbons (Fsp3) is 0. The predicted molar refractivity (Wildman–Crippen MR) is 221 cm³/mol. The molecule has 0 saturated heterocycles. The zero-order valence-corrected chi connectivity index (χ0v) is 27.8. The largest absolute Gasteiger partial charge is 0.310 e. The molecule has 10 aromatic rings. The molecule has 0 bridgehead atoms. The molecule has 0 fully saturated rings. The van der Waals surface area contributed by atoms with Gasteiger partial charge in [0.2, 0.25) is 0 Å². The van der Waals surface area contributed by atoms with Crippen molar-refractivity contribution in [2.45, 2.75) is 0 Å². The molecule has 2 nitrogen and oxygen atoms in total. The minimum absolute atomic E-state index is 0.102. The van der Waals surface area contributed by atoms with Crippen LogP contribution in [0.2, 0.25) is 0 Å². The van der Waals surface area contributed by atoms with E-state index >= 15 is 0 Å². The zero-order chi connectivity index (χ0) is 43.1. The van der Waals surface area contributed by atoms with Crippen LogP contribution in [0.1, 0.15) is 13.7 Å². The molecule has 0 N–H and O–H groups in total. The van der Waals surface area contributed by atoms with E-state index in [9.17, 15) is 0 Å². The summed E-state index contributed by atoms with van der Waals surface area (Å²) < 4.78 is 86.0. The lowest BCUT2D eigenvalue weighted by Gasteiger charge is -2.26. The Morgan fingerprint density at radius 2 is 0.865 bits per heavy atom. The third-order valence-corrected chi connectivity index (χ3v) is 9.72. The van der Waals surface area contributed by atoms with Crippen LogP contribution in [-0.2, 0) is 0 Å². The number of hydrogen-bond acceptors (Lipinski definition) is 1. The molecule has 0 aliphatic rings. The van der Waals surface area contributed by atoms with Crippen molar-refractivity contribution in [1.29, 1.82) is 0 Å². The van der Waals surface area contributed by atoms with E-state index in [0.717, 1.165) is 54.7 Å². The van der Waals surface area contributed by atoms with E-state index < -0.39 is 36.3 Å². The van der Waals surface area contributed by atoms with Gasteiger partial charge in [-0.15, -0.1) is 0 Å². The minimum Gasteiger partial charge on any atom is -0.310 e. The third-order valence-electron chi connectivity index (χ3n) is 9.72. The van der Waals surface area contributed by atoms with Gasteiger partial charge in [-0.25, -0.2) is 0 Å². The summed E-state index contributed by atoms with van der Waals surface area (Å²) in [6, 6.07) is 44.2. The molecule has 0 amide bonds. The van der Waals surface area contributed by atoms with Crippen LogP contribution in [0.15, 0.2) is 206 Å². The molecule has 244 valence electrons. The van der Waals surface area contributed by atoms with Gasteiger partial charge in [0.25, 0.3) is 0 Å². The monoisotopic (exact) mass is 672 g/mol. The van der Waals surface area contributed by atoms with Crippen LogP contribution in [0.3, 0.4) is 0 Å². The summed E-state index contributed by atoms with van der Waals surface area (Å²) >= 11 is 0. The quantitative estimate of drug-likeness (QED) is 0.160. The molecule has 0 atom stereocenters. The second-order valence-electron chi connectivity index (χ2n) is 12.6. The zero-order valence-electron chi connectivity index (χ0n) is 37.8. The van der Waals surface area contributed by atoms with Gasteiger partial charge >= 0.3 is 0 Å². The lowest BCUT2D eigenvalue weighted by Crippen LogP contribution is -2.10. The second-order valence-corrected chi connectivity index (χ2v) is 12.6. The molecule has 0 unspecified atom stereocenters. The SMILES string of the molecule is [2H]c1c([2H])c([2H])c(-c2ccc(N(c3ccc(-c4c([2H])c([2H])c([2H])c([2H])c4[2H])cc3)c3ccc4c5c6ccccc6c6ccccc6c5n(-c5ccccc5)c4c3)cc2)c([2H])c1[2H]. The van der Waals surface area contributed by atoms with Crippen molar-refractivity contribution in [3.8, 4) is 27.9 Å². The summed E-state index contributed by atoms with van der Waals surface area (Å²) in [5, 5.41) is 6.75. The van der Waals surface area contributed by atoms with Crippen molar-refractivity contribution < 1.29 is 13.7 Å². The first-order valence-corrected chi connectivity index (χ1v) is 17.0. The average molecular weight is 673 g/mol. The molecule has 0 aliphatic carbocycles. The Bertz CT molecular complexity index is 3290. The normalized spacial score (nSPS) is 14.2. The summed E-state index contributed by atoms with van der Waals surface area (Å²) in [6.45, 7) is 0. The van der Waals surface area contributed by atoms with Crippen LogP contribution in [0, 0.1) is 0 Å². The van der Waals surface area contributed by atoms with Crippen molar-refractivity contribution in [1.82, 2.24) is 4.57 Å². The predicted octanol–water partition coefficient (Wildman–Crippen LogP) is 13.9. The van der Waals surface area contributed by atoms with Crippen molar-refractivity contribution in [2.24, 2.45) is 0 Å². The van der Waals surface area contributed by atoms with E-state index in [1.165, 1.54) is 0 Å². The minimum atomic E-state index is -0.456. The van der Waals surface area contributed by atoms with Crippen LogP contribution < -0.4 is 4.90 Å². The van der Waals surface area contributed by atoms with Crippen molar-refractivity contribution >= 4 is 60.4 Å². The Kier molecular flexibility index (Phi) is 5.11. The van der Waals surface area contributed by atoms with E-state index in [4.69, 9.17) is 13.7 Å². The number of hydrogen-bond donors (Lipinski definition) is 0. The fourth-order valence-electron chi connectivity index (χ4n) is 7.44. The Labute approximate surface area is 317 Å². The van der Waals surface area contributed by atoms with E-state index in [-0.39, 0.29) is 35.3 Å². The molecule has 1 aromatic heterocycles. The van der Waals surface area contributed by atoms with Gasteiger partial charge in [0.15, 0.2) is 0 Å². The van der Waals surface area contributed by atoms with Gasteiger partial charge in [0, 0.05) is 38.9 Å². The number of aromatic nitrogens is 1. The van der Waals surface area contributed by atoms with Crippen molar-refractivity contribution in [3.63, 3.8) is 0 Å². The summed E-state index contributed by atoms with van der Waals surface area (Å²) in [5.41, 5.74) is 6.34. The topological polar surface area (TPSA) is 8.17 Å². The lowest BCUT2D eigenvalue weighted by atomic mass is 9.96. The van der Waals surface area contributed by atoms with E-state index in [1.54, 1.807) is 24.3 Å². The lowest BCUT2D eigenvalue weighted by molar-refractivity contribution is 1.18. The summed E-state index contributed by atoms with van der Waals surface area (Å²) in [4.78, 5) is 2.04. The highest BCUT2D eigenvalue weighted by molar-refractivity contribution is 6.32. The summed E-state index contributed by atoms with van der Waals surface area (Å²) in [6.07, 6.45) is 0. The van der Waals surface area contributed by atoms with Gasteiger partial charge in [-0.05, 0) is 86.9 Å². The first kappa shape index (κ1) is 21.3. The third kappa shape index (κ3) is 4.96. The molecule has 0 spiro atoms. The highest BCUT2D eigenvalue weighted by atomic mass is 15.1. The molecular weight excluding hydrogens is 629 g/mol. The van der Waals surface area contributed by atoms with E-state index in [1.807, 2.05) is 47.4 Å². The Hall–Kier alpha value is -6.90. The number of para-hydroxylation sites is 1. The second kappa shape index (κ2) is 12.5. The molecule has 2 heteroatoms. The molecule has 1 heterocycles. The Morgan fingerprint density at radius 3 is 1.44 bits per heavy atom. The first-order chi connectivity index (χ1) is 30.0. The van der Waals surface area contributed by atoms with Crippen LogP contribution in [0.4, 0.5) is 17.1 Å². The van der Waals surface area contributed by atoms with Crippen LogP contribution in [0.5, 0.6) is 0 Å². The van der Waals surface area contributed by atoms with Crippen LogP contribution in [0.25, 0.3) is 71.3 Å². The highest BCUT2D eigenvalue weighted by Crippen LogP contribution is 2.45. The van der Waals surface area contributed by atoms with Crippen LogP contribution in [-0.4, -0.2) is 4.57 Å². The molecule has 0 aliphatic heterocycles. The van der Waals surface area contributed by atoms with E-state index in [2.05, 4.69) is 83.4 Å². The van der Waals surface area contributed by atoms with Gasteiger partial charge in [-0.3, -0.25) is 0 Å². The number of rotatable bonds is 6. The maximum atomic E-state index is 8.61. The number of anilines is 3. The Balaban J connectivity index is 1.22. The van der Waals surface area contributed by atoms with Gasteiger partial charge in [0.1, 0.15) is 0 Å². The smallest absolute Gasteiger partial charge is 0.0629 e. The number of benzene rings is 9. The maximum Gasteiger partial charge on any atom is 0.0629 e.